The standard InChI is InChI=1S/C18H25N5O3/c1-11-7-12(2)17(13(3)8-11)19-16(24)9-21(6)10-22-15(5)18(23(25)26)14(4)20-22/h7-8H,9-10H2,1-6H3,(H,19,24). The normalized spacial score (nSPS) is 11.0. The van der Waals surface area contributed by atoms with Crippen molar-refractivity contribution < 1.29 is 9.72 Å². The first-order valence-corrected chi connectivity index (χ1v) is 8.34. The number of aryl methyl sites for hydroxylation is 4. The average molecular weight is 359 g/mol. The summed E-state index contributed by atoms with van der Waals surface area (Å²) in [5.41, 5.74) is 4.90. The van der Waals surface area contributed by atoms with Crippen LogP contribution in [0.2, 0.25) is 0 Å². The molecule has 0 bridgehead atoms. The lowest BCUT2D eigenvalue weighted by Gasteiger charge is -2.18. The molecule has 1 amide bonds. The molecule has 0 spiro atoms. The molecule has 0 aliphatic carbocycles. The van der Waals surface area contributed by atoms with Crippen molar-refractivity contribution in [2.75, 3.05) is 18.9 Å². The lowest BCUT2D eigenvalue weighted by molar-refractivity contribution is -0.386. The average Bonchev–Trinajstić information content (AvgIpc) is 2.76. The van der Waals surface area contributed by atoms with Gasteiger partial charge in [0.2, 0.25) is 5.91 Å². The fraction of sp³-hybridized carbons (Fsp3) is 0.444. The number of amides is 1. The topological polar surface area (TPSA) is 93.3 Å². The van der Waals surface area contributed by atoms with Gasteiger partial charge in [-0.15, -0.1) is 0 Å². The quantitative estimate of drug-likeness (QED) is 0.632. The number of nitrogens with zero attached hydrogens (tertiary/aromatic N) is 4. The van der Waals surface area contributed by atoms with E-state index in [1.807, 2.05) is 32.9 Å². The van der Waals surface area contributed by atoms with Crippen molar-refractivity contribution in [3.63, 3.8) is 0 Å². The SMILES string of the molecule is Cc1cc(C)c(NC(=O)CN(C)Cn2nc(C)c([N+](=O)[O-])c2C)c(C)c1. The minimum absolute atomic E-state index is 0.0220. The van der Waals surface area contributed by atoms with Crippen LogP contribution in [0.1, 0.15) is 28.1 Å². The van der Waals surface area contributed by atoms with E-state index in [-0.39, 0.29) is 18.1 Å². The van der Waals surface area contributed by atoms with E-state index in [9.17, 15) is 14.9 Å². The van der Waals surface area contributed by atoms with Gasteiger partial charge >= 0.3 is 5.69 Å². The summed E-state index contributed by atoms with van der Waals surface area (Å²) in [6, 6.07) is 4.06. The Morgan fingerprint density at radius 3 is 2.31 bits per heavy atom. The van der Waals surface area contributed by atoms with Crippen molar-refractivity contribution in [2.24, 2.45) is 0 Å². The van der Waals surface area contributed by atoms with Crippen molar-refractivity contribution in [3.8, 4) is 0 Å². The van der Waals surface area contributed by atoms with Crippen LogP contribution in [0.5, 0.6) is 0 Å². The molecule has 8 nitrogen and oxygen atoms in total. The number of hydrogen-bond acceptors (Lipinski definition) is 5. The summed E-state index contributed by atoms with van der Waals surface area (Å²) in [4.78, 5) is 24.8. The van der Waals surface area contributed by atoms with E-state index in [4.69, 9.17) is 0 Å². The fourth-order valence-electron chi connectivity index (χ4n) is 3.17. The van der Waals surface area contributed by atoms with Gasteiger partial charge in [-0.05, 0) is 52.8 Å². The van der Waals surface area contributed by atoms with E-state index in [0.717, 1.165) is 22.4 Å². The van der Waals surface area contributed by atoms with Crippen LogP contribution in [-0.4, -0.2) is 39.1 Å². The molecule has 26 heavy (non-hydrogen) atoms. The number of aromatic nitrogens is 2. The molecule has 2 aromatic rings. The molecule has 1 aromatic carbocycles. The summed E-state index contributed by atoms with van der Waals surface area (Å²) in [6.45, 7) is 9.66. The van der Waals surface area contributed by atoms with Crippen LogP contribution in [0.4, 0.5) is 11.4 Å². The molecular formula is C18H25N5O3. The van der Waals surface area contributed by atoms with Gasteiger partial charge in [0.05, 0.1) is 18.1 Å². The van der Waals surface area contributed by atoms with Gasteiger partial charge < -0.3 is 5.32 Å². The molecule has 0 radical (unpaired) electrons. The number of nitro groups is 1. The molecule has 1 N–H and O–H groups in total. The lowest BCUT2D eigenvalue weighted by atomic mass is 10.1. The Bertz CT molecular complexity index is 834. The van der Waals surface area contributed by atoms with Crippen molar-refractivity contribution in [2.45, 2.75) is 41.3 Å². The number of hydrogen-bond donors (Lipinski definition) is 1. The van der Waals surface area contributed by atoms with Crippen LogP contribution in [0.3, 0.4) is 0 Å². The lowest BCUT2D eigenvalue weighted by Crippen LogP contribution is -2.32. The molecule has 1 heterocycles. The Morgan fingerprint density at radius 1 is 1.23 bits per heavy atom. The van der Waals surface area contributed by atoms with Crippen LogP contribution >= 0.6 is 0 Å². The molecule has 0 aliphatic rings. The summed E-state index contributed by atoms with van der Waals surface area (Å²) in [6.07, 6.45) is 0. The summed E-state index contributed by atoms with van der Waals surface area (Å²) in [7, 11) is 1.77. The van der Waals surface area contributed by atoms with E-state index in [2.05, 4.69) is 10.4 Å². The van der Waals surface area contributed by atoms with Crippen molar-refractivity contribution in [3.05, 3.63) is 50.3 Å². The Kier molecular flexibility index (Phi) is 5.76. The number of carbonyl (C=O) groups excluding carboxylic acids is 1. The maximum Gasteiger partial charge on any atom is 0.312 e. The molecule has 0 saturated carbocycles. The number of carbonyl (C=O) groups is 1. The zero-order chi connectivity index (χ0) is 19.6. The highest BCUT2D eigenvalue weighted by atomic mass is 16.6. The van der Waals surface area contributed by atoms with Crippen LogP contribution in [0.25, 0.3) is 0 Å². The highest BCUT2D eigenvalue weighted by molar-refractivity contribution is 5.93. The molecule has 1 aromatic heterocycles. The second-order valence-corrected chi connectivity index (χ2v) is 6.75. The molecule has 2 rings (SSSR count). The Morgan fingerprint density at radius 2 is 1.81 bits per heavy atom. The van der Waals surface area contributed by atoms with Crippen molar-refractivity contribution >= 4 is 17.3 Å². The predicted molar refractivity (Wildman–Crippen MR) is 100 cm³/mol. The second kappa shape index (κ2) is 7.65. The highest BCUT2D eigenvalue weighted by Crippen LogP contribution is 2.23. The molecule has 0 fully saturated rings. The third-order valence-electron chi connectivity index (χ3n) is 4.26. The first-order chi connectivity index (χ1) is 12.1. The monoisotopic (exact) mass is 359 g/mol. The van der Waals surface area contributed by atoms with Crippen LogP contribution in [0.15, 0.2) is 12.1 Å². The summed E-state index contributed by atoms with van der Waals surface area (Å²) >= 11 is 0. The third kappa shape index (κ3) is 4.26. The Labute approximate surface area is 153 Å². The van der Waals surface area contributed by atoms with Crippen molar-refractivity contribution in [1.82, 2.24) is 14.7 Å². The van der Waals surface area contributed by atoms with Gasteiger partial charge in [-0.3, -0.25) is 19.8 Å². The van der Waals surface area contributed by atoms with Gasteiger partial charge in [0, 0.05) is 5.69 Å². The first-order valence-electron chi connectivity index (χ1n) is 8.34. The molecule has 0 unspecified atom stereocenters. The zero-order valence-corrected chi connectivity index (χ0v) is 16.1. The minimum Gasteiger partial charge on any atom is -0.324 e. The number of nitrogens with one attached hydrogen (secondary N) is 1. The number of anilines is 1. The summed E-state index contributed by atoms with van der Waals surface area (Å²) in [5, 5.41) is 18.2. The fourth-order valence-corrected chi connectivity index (χ4v) is 3.17. The maximum atomic E-state index is 12.4. The molecule has 8 heteroatoms. The van der Waals surface area contributed by atoms with Gasteiger partial charge in [0.25, 0.3) is 0 Å². The molecule has 0 aliphatic heterocycles. The highest BCUT2D eigenvalue weighted by Gasteiger charge is 2.22. The molecule has 0 atom stereocenters. The smallest absolute Gasteiger partial charge is 0.312 e. The van der Waals surface area contributed by atoms with Gasteiger partial charge in [-0.1, -0.05) is 17.7 Å². The molecular weight excluding hydrogens is 334 g/mol. The van der Waals surface area contributed by atoms with E-state index in [1.54, 1.807) is 30.5 Å². The van der Waals surface area contributed by atoms with Gasteiger partial charge in [0.1, 0.15) is 11.4 Å². The first kappa shape index (κ1) is 19.6. The van der Waals surface area contributed by atoms with Gasteiger partial charge in [-0.25, -0.2) is 4.68 Å². The van der Waals surface area contributed by atoms with E-state index < -0.39 is 4.92 Å². The van der Waals surface area contributed by atoms with Gasteiger partial charge in [0.15, 0.2) is 0 Å². The number of rotatable bonds is 6. The summed E-state index contributed by atoms with van der Waals surface area (Å²) < 4.78 is 1.54. The molecule has 140 valence electrons. The van der Waals surface area contributed by atoms with Crippen molar-refractivity contribution in [1.29, 1.82) is 0 Å². The zero-order valence-electron chi connectivity index (χ0n) is 16.1. The van der Waals surface area contributed by atoms with E-state index in [1.165, 1.54) is 0 Å². The van der Waals surface area contributed by atoms with Gasteiger partial charge in [-0.2, -0.15) is 5.10 Å². The maximum absolute atomic E-state index is 12.4. The van der Waals surface area contributed by atoms with E-state index >= 15 is 0 Å². The number of likely N-dealkylation sites (N-methyl/N-ethyl adjacent to an activating group) is 1. The largest absolute Gasteiger partial charge is 0.324 e. The molecule has 0 saturated heterocycles. The predicted octanol–water partition coefficient (Wildman–Crippen LogP) is 2.86. The van der Waals surface area contributed by atoms with Crippen LogP contribution in [0, 0.1) is 44.7 Å². The Hall–Kier alpha value is -2.74. The third-order valence-corrected chi connectivity index (χ3v) is 4.26. The van der Waals surface area contributed by atoms with E-state index in [0.29, 0.717) is 18.1 Å². The number of benzene rings is 1. The Balaban J connectivity index is 2.05. The summed E-state index contributed by atoms with van der Waals surface area (Å²) in [5.74, 6) is -0.140. The minimum atomic E-state index is -0.427. The van der Waals surface area contributed by atoms with Crippen LogP contribution in [-0.2, 0) is 11.5 Å². The second-order valence-electron chi connectivity index (χ2n) is 6.75. The van der Waals surface area contributed by atoms with Crippen LogP contribution < -0.4 is 5.32 Å².